The number of nitrogens with one attached hydrogen (secondary N) is 2. The molecule has 9 nitrogen and oxygen atoms in total. The van der Waals surface area contributed by atoms with Gasteiger partial charge in [-0.3, -0.25) is 5.43 Å². The normalized spacial score (nSPS) is 13.4. The molecule has 1 aromatic heterocycles. The van der Waals surface area contributed by atoms with Gasteiger partial charge in [-0.25, -0.2) is 19.6 Å². The van der Waals surface area contributed by atoms with Gasteiger partial charge in [0, 0.05) is 30.2 Å². The number of amides is 2. The van der Waals surface area contributed by atoms with Gasteiger partial charge in [-0.1, -0.05) is 54.6 Å². The lowest BCUT2D eigenvalue weighted by molar-refractivity contribution is 0.0106. The smallest absolute Gasteiger partial charge is 0.422 e. The molecule has 2 aromatic carbocycles. The van der Waals surface area contributed by atoms with Crippen LogP contribution in [0.4, 0.5) is 9.59 Å². The van der Waals surface area contributed by atoms with Crippen LogP contribution in [-0.4, -0.2) is 57.2 Å². The summed E-state index contributed by atoms with van der Waals surface area (Å²) in [6, 6.07) is 16.7. The lowest BCUT2D eigenvalue weighted by Crippen LogP contribution is -2.54. The van der Waals surface area contributed by atoms with E-state index in [1.807, 2.05) is 60.0 Å². The number of aliphatic hydroxyl groups is 1. The zero-order valence-electron chi connectivity index (χ0n) is 24.0. The van der Waals surface area contributed by atoms with E-state index in [1.165, 1.54) is 0 Å². The molecule has 40 heavy (non-hydrogen) atoms. The number of rotatable bonds is 10. The fourth-order valence-corrected chi connectivity index (χ4v) is 4.53. The zero-order valence-corrected chi connectivity index (χ0v) is 24.8. The lowest BCUT2D eigenvalue weighted by Gasteiger charge is -2.31. The third-order valence-electron chi connectivity index (χ3n) is 5.53. The fourth-order valence-electron chi connectivity index (χ4n) is 3.88. The monoisotopic (exact) mass is 568 g/mol. The van der Waals surface area contributed by atoms with E-state index >= 15 is 0 Å². The first-order chi connectivity index (χ1) is 18.8. The van der Waals surface area contributed by atoms with Gasteiger partial charge in [0.05, 0.1) is 12.1 Å². The van der Waals surface area contributed by atoms with E-state index in [1.54, 1.807) is 64.1 Å². The minimum atomic E-state index is -1.06. The van der Waals surface area contributed by atoms with Gasteiger partial charge in [0.1, 0.15) is 16.2 Å². The number of aliphatic hydroxyl groups excluding tert-OH is 1. The first-order valence-electron chi connectivity index (χ1n) is 13.2. The summed E-state index contributed by atoms with van der Waals surface area (Å²) >= 11 is 1.56. The van der Waals surface area contributed by atoms with Crippen LogP contribution in [0.15, 0.2) is 66.2 Å². The molecule has 3 N–H and O–H groups in total. The molecule has 216 valence electrons. The highest BCUT2D eigenvalue weighted by Gasteiger charge is 2.28. The number of hydrogen-bond donors (Lipinski definition) is 3. The van der Waals surface area contributed by atoms with Gasteiger partial charge in [-0.15, -0.1) is 11.3 Å². The van der Waals surface area contributed by atoms with Crippen molar-refractivity contribution in [3.8, 4) is 10.6 Å². The second kappa shape index (κ2) is 13.7. The maximum Gasteiger partial charge on any atom is 0.422 e. The van der Waals surface area contributed by atoms with Crippen molar-refractivity contribution in [1.29, 1.82) is 0 Å². The predicted molar refractivity (Wildman–Crippen MR) is 157 cm³/mol. The molecule has 10 heteroatoms. The summed E-state index contributed by atoms with van der Waals surface area (Å²) in [6.45, 7) is 11.0. The second-order valence-electron chi connectivity index (χ2n) is 11.5. The van der Waals surface area contributed by atoms with Gasteiger partial charge >= 0.3 is 12.2 Å². The van der Waals surface area contributed by atoms with Crippen molar-refractivity contribution in [3.05, 3.63) is 77.3 Å². The molecule has 0 aliphatic carbocycles. The van der Waals surface area contributed by atoms with Gasteiger partial charge < -0.3 is 19.9 Å². The summed E-state index contributed by atoms with van der Waals surface area (Å²) in [6.07, 6.45) is -0.198. The van der Waals surface area contributed by atoms with Crippen molar-refractivity contribution in [1.82, 2.24) is 20.7 Å². The largest absolute Gasteiger partial charge is 0.444 e. The summed E-state index contributed by atoms with van der Waals surface area (Å²) < 4.78 is 10.9. The van der Waals surface area contributed by atoms with Crippen molar-refractivity contribution >= 4 is 23.5 Å². The van der Waals surface area contributed by atoms with Gasteiger partial charge in [0.2, 0.25) is 0 Å². The molecule has 0 bridgehead atoms. The summed E-state index contributed by atoms with van der Waals surface area (Å²) in [5.41, 5.74) is 4.21. The third kappa shape index (κ3) is 11.0. The molecule has 0 unspecified atom stereocenters. The molecule has 2 atom stereocenters. The Balaban J connectivity index is 1.79. The SMILES string of the molecule is CC(C)(C)OC(=O)N[C@@H](Cc1ccccc1)[C@@H](O)CN(Cc1ccc(-c2nccs2)cc1)NC(=O)OC(C)(C)C. The average Bonchev–Trinajstić information content (AvgIpc) is 3.37. The van der Waals surface area contributed by atoms with E-state index in [0.717, 1.165) is 21.7 Å². The Morgan fingerprint density at radius 1 is 0.925 bits per heavy atom. The van der Waals surface area contributed by atoms with Crippen molar-refractivity contribution in [3.63, 3.8) is 0 Å². The lowest BCUT2D eigenvalue weighted by atomic mass is 10.0. The number of nitrogens with zero attached hydrogens (tertiary/aromatic N) is 2. The predicted octanol–water partition coefficient (Wildman–Crippen LogP) is 5.55. The summed E-state index contributed by atoms with van der Waals surface area (Å²) in [7, 11) is 0. The van der Waals surface area contributed by atoms with E-state index in [2.05, 4.69) is 15.7 Å². The summed E-state index contributed by atoms with van der Waals surface area (Å²) in [4.78, 5) is 29.7. The van der Waals surface area contributed by atoms with Gasteiger partial charge in [-0.2, -0.15) is 0 Å². The minimum absolute atomic E-state index is 0.0147. The van der Waals surface area contributed by atoms with Crippen LogP contribution in [0.3, 0.4) is 0 Å². The molecular weight excluding hydrogens is 528 g/mol. The molecule has 1 heterocycles. The number of thiazole rings is 1. The van der Waals surface area contributed by atoms with Crippen LogP contribution in [-0.2, 0) is 22.4 Å². The molecule has 0 spiro atoms. The first kappa shape index (κ1) is 31.1. The third-order valence-corrected chi connectivity index (χ3v) is 6.35. The Morgan fingerprint density at radius 3 is 2.12 bits per heavy atom. The molecule has 0 radical (unpaired) electrons. The molecule has 0 fully saturated rings. The number of hydrazine groups is 1. The van der Waals surface area contributed by atoms with E-state index in [0.29, 0.717) is 13.0 Å². The Bertz CT molecular complexity index is 1210. The quantitative estimate of drug-likeness (QED) is 0.275. The van der Waals surface area contributed by atoms with E-state index in [9.17, 15) is 14.7 Å². The Kier molecular flexibility index (Phi) is 10.7. The Hall–Kier alpha value is -3.47. The number of alkyl carbamates (subject to hydrolysis) is 1. The maximum absolute atomic E-state index is 12.7. The van der Waals surface area contributed by atoms with Crippen LogP contribution in [0.25, 0.3) is 10.6 Å². The molecule has 3 rings (SSSR count). The van der Waals surface area contributed by atoms with Crippen LogP contribution < -0.4 is 10.7 Å². The molecule has 2 amide bonds. The van der Waals surface area contributed by atoms with Gasteiger partial charge in [0.25, 0.3) is 0 Å². The van der Waals surface area contributed by atoms with Crippen LogP contribution in [0.5, 0.6) is 0 Å². The number of carbonyl (C=O) groups excluding carboxylic acids is 2. The Labute approximate surface area is 240 Å². The first-order valence-corrected chi connectivity index (χ1v) is 14.1. The van der Waals surface area contributed by atoms with E-state index < -0.39 is 35.5 Å². The molecule has 0 saturated carbocycles. The highest BCUT2D eigenvalue weighted by molar-refractivity contribution is 7.13. The molecule has 0 saturated heterocycles. The molecular formula is C30H40N4O5S. The van der Waals surface area contributed by atoms with Crippen LogP contribution in [0.2, 0.25) is 0 Å². The topological polar surface area (TPSA) is 113 Å². The fraction of sp³-hybridized carbons (Fsp3) is 0.433. The van der Waals surface area contributed by atoms with Crippen LogP contribution >= 0.6 is 11.3 Å². The standard InChI is InChI=1S/C30H40N4O5S/c1-29(2,3)38-27(36)32-24(18-21-10-8-7-9-11-21)25(35)20-34(33-28(37)39-30(4,5)6)19-22-12-14-23(15-13-22)26-31-16-17-40-26/h7-17,24-25,35H,18-20H2,1-6H3,(H,32,36)(H,33,37)/t24-,25-/m0/s1. The van der Waals surface area contributed by atoms with Gasteiger partial charge in [-0.05, 0) is 59.1 Å². The van der Waals surface area contributed by atoms with E-state index in [-0.39, 0.29) is 6.54 Å². The average molecular weight is 569 g/mol. The molecule has 0 aliphatic rings. The van der Waals surface area contributed by atoms with E-state index in [4.69, 9.17) is 9.47 Å². The van der Waals surface area contributed by atoms with Crippen LogP contribution in [0.1, 0.15) is 52.7 Å². The zero-order chi connectivity index (χ0) is 29.3. The van der Waals surface area contributed by atoms with Crippen molar-refractivity contribution < 1.29 is 24.2 Å². The molecule has 3 aromatic rings. The van der Waals surface area contributed by atoms with Crippen LogP contribution in [0, 0.1) is 0 Å². The number of ether oxygens (including phenoxy) is 2. The van der Waals surface area contributed by atoms with Crippen molar-refractivity contribution in [2.24, 2.45) is 0 Å². The number of aromatic nitrogens is 1. The van der Waals surface area contributed by atoms with Crippen molar-refractivity contribution in [2.45, 2.75) is 77.9 Å². The second-order valence-corrected chi connectivity index (χ2v) is 12.4. The highest BCUT2D eigenvalue weighted by Crippen LogP contribution is 2.22. The van der Waals surface area contributed by atoms with Gasteiger partial charge in [0.15, 0.2) is 0 Å². The highest BCUT2D eigenvalue weighted by atomic mass is 32.1. The maximum atomic E-state index is 12.7. The Morgan fingerprint density at radius 2 is 1.55 bits per heavy atom. The number of hydrogen-bond acceptors (Lipinski definition) is 8. The summed E-state index contributed by atoms with van der Waals surface area (Å²) in [5, 5.41) is 18.6. The number of carbonyl (C=O) groups is 2. The molecule has 0 aliphatic heterocycles. The summed E-state index contributed by atoms with van der Waals surface area (Å²) in [5.74, 6) is 0. The van der Waals surface area contributed by atoms with Crippen molar-refractivity contribution in [2.75, 3.05) is 6.54 Å². The minimum Gasteiger partial charge on any atom is -0.444 e. The number of benzene rings is 2.